The summed E-state index contributed by atoms with van der Waals surface area (Å²) in [7, 11) is 0. The van der Waals surface area contributed by atoms with Gasteiger partial charge >= 0.3 is 5.97 Å². The van der Waals surface area contributed by atoms with Crippen molar-refractivity contribution in [3.05, 3.63) is 51.9 Å². The van der Waals surface area contributed by atoms with Gasteiger partial charge in [0.15, 0.2) is 0 Å². The van der Waals surface area contributed by atoms with E-state index in [2.05, 4.69) is 10.5 Å². The van der Waals surface area contributed by atoms with E-state index >= 15 is 0 Å². The molecule has 0 aliphatic rings. The predicted octanol–water partition coefficient (Wildman–Crippen LogP) is 2.23. The summed E-state index contributed by atoms with van der Waals surface area (Å²) in [6, 6.07) is 4.53. The Bertz CT molecular complexity index is 684. The van der Waals surface area contributed by atoms with E-state index in [0.29, 0.717) is 11.3 Å². The molecular formula is C15H16N2O4. The lowest BCUT2D eigenvalue weighted by Crippen LogP contribution is -2.23. The van der Waals surface area contributed by atoms with Crippen LogP contribution < -0.4 is 5.32 Å². The minimum atomic E-state index is -1.06. The fourth-order valence-corrected chi connectivity index (χ4v) is 2.06. The SMILES string of the molecule is Cc1cc(C(=O)O)cc(C(=O)NCc2c(C)noc2C)c1. The van der Waals surface area contributed by atoms with E-state index < -0.39 is 5.97 Å². The van der Waals surface area contributed by atoms with Crippen molar-refractivity contribution in [1.82, 2.24) is 10.5 Å². The molecule has 1 amide bonds. The summed E-state index contributed by atoms with van der Waals surface area (Å²) < 4.78 is 5.02. The summed E-state index contributed by atoms with van der Waals surface area (Å²) in [6.45, 7) is 5.61. The fourth-order valence-electron chi connectivity index (χ4n) is 2.06. The summed E-state index contributed by atoms with van der Waals surface area (Å²) in [5.41, 5.74) is 2.69. The molecule has 0 unspecified atom stereocenters. The maximum atomic E-state index is 12.1. The second-order valence-corrected chi connectivity index (χ2v) is 4.88. The Hall–Kier alpha value is -2.63. The van der Waals surface area contributed by atoms with Crippen molar-refractivity contribution in [1.29, 1.82) is 0 Å². The van der Waals surface area contributed by atoms with E-state index in [9.17, 15) is 9.59 Å². The van der Waals surface area contributed by atoms with Crippen molar-refractivity contribution in [2.75, 3.05) is 0 Å². The second kappa shape index (κ2) is 5.78. The number of hydrogen-bond acceptors (Lipinski definition) is 4. The maximum Gasteiger partial charge on any atom is 0.335 e. The first-order valence-corrected chi connectivity index (χ1v) is 6.43. The third-order valence-corrected chi connectivity index (χ3v) is 3.19. The van der Waals surface area contributed by atoms with Crippen molar-refractivity contribution >= 4 is 11.9 Å². The summed E-state index contributed by atoms with van der Waals surface area (Å²) in [4.78, 5) is 23.1. The zero-order valence-electron chi connectivity index (χ0n) is 12.1. The normalized spacial score (nSPS) is 10.4. The number of nitrogens with zero attached hydrogens (tertiary/aromatic N) is 1. The van der Waals surface area contributed by atoms with E-state index in [1.165, 1.54) is 12.1 Å². The molecule has 110 valence electrons. The van der Waals surface area contributed by atoms with Gasteiger partial charge in [-0.05, 0) is 44.5 Å². The van der Waals surface area contributed by atoms with Crippen LogP contribution >= 0.6 is 0 Å². The van der Waals surface area contributed by atoms with Crippen LogP contribution in [0.3, 0.4) is 0 Å². The first-order valence-electron chi connectivity index (χ1n) is 6.43. The molecule has 1 aromatic heterocycles. The van der Waals surface area contributed by atoms with Crippen LogP contribution in [0, 0.1) is 20.8 Å². The molecule has 0 saturated heterocycles. The molecule has 1 aromatic carbocycles. The van der Waals surface area contributed by atoms with Crippen molar-refractivity contribution in [2.45, 2.75) is 27.3 Å². The number of benzene rings is 1. The van der Waals surface area contributed by atoms with Gasteiger partial charge in [-0.3, -0.25) is 4.79 Å². The molecule has 0 radical (unpaired) electrons. The number of carboxylic acid groups (broad SMARTS) is 1. The lowest BCUT2D eigenvalue weighted by Gasteiger charge is -2.07. The zero-order valence-corrected chi connectivity index (χ0v) is 12.1. The number of hydrogen-bond donors (Lipinski definition) is 2. The molecule has 6 nitrogen and oxygen atoms in total. The van der Waals surface area contributed by atoms with Crippen LogP contribution in [0.25, 0.3) is 0 Å². The Morgan fingerprint density at radius 1 is 1.19 bits per heavy atom. The fraction of sp³-hybridized carbons (Fsp3) is 0.267. The summed E-state index contributed by atoms with van der Waals surface area (Å²) in [5, 5.41) is 15.6. The van der Waals surface area contributed by atoms with E-state index in [0.717, 1.165) is 16.8 Å². The highest BCUT2D eigenvalue weighted by Gasteiger charge is 2.13. The third-order valence-electron chi connectivity index (χ3n) is 3.19. The molecule has 0 saturated carbocycles. The Kier molecular flexibility index (Phi) is 4.07. The van der Waals surface area contributed by atoms with Crippen molar-refractivity contribution in [3.63, 3.8) is 0 Å². The molecule has 2 rings (SSSR count). The molecule has 2 aromatic rings. The molecule has 0 aliphatic heterocycles. The van der Waals surface area contributed by atoms with Gasteiger partial charge in [-0.2, -0.15) is 0 Å². The summed E-state index contributed by atoms with van der Waals surface area (Å²) >= 11 is 0. The molecule has 0 fully saturated rings. The first-order chi connectivity index (χ1) is 9.88. The molecule has 0 bridgehead atoms. The van der Waals surface area contributed by atoms with Crippen molar-refractivity contribution < 1.29 is 19.2 Å². The number of carboxylic acids is 1. The molecule has 1 heterocycles. The van der Waals surface area contributed by atoms with Crippen LogP contribution in [0.2, 0.25) is 0 Å². The number of aryl methyl sites for hydroxylation is 3. The molecule has 0 atom stereocenters. The molecule has 2 N–H and O–H groups in total. The van der Waals surface area contributed by atoms with Crippen molar-refractivity contribution in [2.24, 2.45) is 0 Å². The van der Waals surface area contributed by atoms with E-state index in [1.54, 1.807) is 26.8 Å². The van der Waals surface area contributed by atoms with Crippen LogP contribution in [-0.2, 0) is 6.54 Å². The zero-order chi connectivity index (χ0) is 15.6. The minimum Gasteiger partial charge on any atom is -0.478 e. The van der Waals surface area contributed by atoms with Gasteiger partial charge in [-0.15, -0.1) is 0 Å². The Morgan fingerprint density at radius 3 is 2.43 bits per heavy atom. The van der Waals surface area contributed by atoms with Crippen LogP contribution in [0.15, 0.2) is 22.7 Å². The van der Waals surface area contributed by atoms with Gasteiger partial charge in [0, 0.05) is 17.7 Å². The van der Waals surface area contributed by atoms with E-state index in [1.807, 2.05) is 0 Å². The summed E-state index contributed by atoms with van der Waals surface area (Å²) in [6.07, 6.45) is 0. The van der Waals surface area contributed by atoms with Gasteiger partial charge in [0.1, 0.15) is 5.76 Å². The highest BCUT2D eigenvalue weighted by Crippen LogP contribution is 2.13. The smallest absolute Gasteiger partial charge is 0.335 e. The van der Waals surface area contributed by atoms with Crippen LogP contribution in [-0.4, -0.2) is 22.1 Å². The Balaban J connectivity index is 2.16. The molecule has 0 aliphatic carbocycles. The standard InChI is InChI=1S/C15H16N2O4/c1-8-4-11(6-12(5-8)15(19)20)14(18)16-7-13-9(2)17-21-10(13)3/h4-6H,7H2,1-3H3,(H,16,18)(H,19,20). The molecule has 0 spiro atoms. The number of carbonyl (C=O) groups is 2. The third kappa shape index (κ3) is 3.28. The molecule has 21 heavy (non-hydrogen) atoms. The number of aromatic nitrogens is 1. The Labute approximate surface area is 121 Å². The molecule has 6 heteroatoms. The van der Waals surface area contributed by atoms with Crippen LogP contribution in [0.1, 0.15) is 43.3 Å². The van der Waals surface area contributed by atoms with Gasteiger partial charge in [0.05, 0.1) is 11.3 Å². The van der Waals surface area contributed by atoms with Gasteiger partial charge in [0.25, 0.3) is 5.91 Å². The Morgan fingerprint density at radius 2 is 1.86 bits per heavy atom. The lowest BCUT2D eigenvalue weighted by molar-refractivity contribution is 0.0696. The second-order valence-electron chi connectivity index (χ2n) is 4.88. The number of aromatic carboxylic acids is 1. The first kappa shape index (κ1) is 14.8. The van der Waals surface area contributed by atoms with Crippen LogP contribution in [0.4, 0.5) is 0 Å². The topological polar surface area (TPSA) is 92.4 Å². The number of rotatable bonds is 4. The lowest BCUT2D eigenvalue weighted by atomic mass is 10.1. The summed E-state index contributed by atoms with van der Waals surface area (Å²) in [5.74, 6) is -0.733. The average Bonchev–Trinajstić information content (AvgIpc) is 2.74. The maximum absolute atomic E-state index is 12.1. The number of carbonyl (C=O) groups excluding carboxylic acids is 1. The molecular weight excluding hydrogens is 272 g/mol. The largest absolute Gasteiger partial charge is 0.478 e. The van der Waals surface area contributed by atoms with Gasteiger partial charge < -0.3 is 14.9 Å². The van der Waals surface area contributed by atoms with Gasteiger partial charge in [-0.25, -0.2) is 4.79 Å². The highest BCUT2D eigenvalue weighted by molar-refractivity contribution is 5.97. The van der Waals surface area contributed by atoms with E-state index in [4.69, 9.17) is 9.63 Å². The van der Waals surface area contributed by atoms with Gasteiger partial charge in [-0.1, -0.05) is 5.16 Å². The quantitative estimate of drug-likeness (QED) is 0.900. The monoisotopic (exact) mass is 288 g/mol. The number of nitrogens with one attached hydrogen (secondary N) is 1. The highest BCUT2D eigenvalue weighted by atomic mass is 16.5. The minimum absolute atomic E-state index is 0.0949. The van der Waals surface area contributed by atoms with E-state index in [-0.39, 0.29) is 18.0 Å². The van der Waals surface area contributed by atoms with Crippen LogP contribution in [0.5, 0.6) is 0 Å². The predicted molar refractivity (Wildman–Crippen MR) is 75.3 cm³/mol. The number of amides is 1. The van der Waals surface area contributed by atoms with Gasteiger partial charge in [0.2, 0.25) is 0 Å². The average molecular weight is 288 g/mol. The van der Waals surface area contributed by atoms with Crippen molar-refractivity contribution in [3.8, 4) is 0 Å².